The number of ether oxygens (including phenoxy) is 2. The van der Waals surface area contributed by atoms with Gasteiger partial charge in [-0.3, -0.25) is 0 Å². The van der Waals surface area contributed by atoms with E-state index in [-0.39, 0.29) is 5.69 Å². The topological polar surface area (TPSA) is 74.4 Å². The minimum absolute atomic E-state index is 0.190. The number of hydrogen-bond donors (Lipinski definition) is 1. The van der Waals surface area contributed by atoms with Crippen molar-refractivity contribution in [2.24, 2.45) is 0 Å². The molecule has 0 fully saturated rings. The van der Waals surface area contributed by atoms with Gasteiger partial charge in [0.25, 0.3) is 0 Å². The van der Waals surface area contributed by atoms with Crippen LogP contribution in [0.2, 0.25) is 0 Å². The Morgan fingerprint density at radius 1 is 1.38 bits per heavy atom. The van der Waals surface area contributed by atoms with Crippen molar-refractivity contribution < 1.29 is 14.3 Å². The molecule has 5 heteroatoms. The quantitative estimate of drug-likeness (QED) is 0.519. The zero-order valence-corrected chi connectivity index (χ0v) is 11.7. The van der Waals surface area contributed by atoms with Crippen LogP contribution in [0.1, 0.15) is 16.1 Å². The number of carbonyl (C=O) groups excluding carboxylic acids is 1. The number of esters is 1. The summed E-state index contributed by atoms with van der Waals surface area (Å²) >= 11 is 0. The summed E-state index contributed by atoms with van der Waals surface area (Å²) in [6, 6.07) is 8.57. The molecule has 5 nitrogen and oxygen atoms in total. The molecule has 0 atom stereocenters. The van der Waals surface area contributed by atoms with Crippen LogP contribution in [-0.4, -0.2) is 18.1 Å². The molecule has 2 N–H and O–H groups in total. The zero-order chi connectivity index (χ0) is 15.2. The molecular formula is C16H16N2O3. The summed E-state index contributed by atoms with van der Waals surface area (Å²) in [6.45, 7) is 3.71. The van der Waals surface area contributed by atoms with Gasteiger partial charge in [-0.05, 0) is 30.7 Å². The number of methoxy groups -OCH3 is 1. The number of nitrogens with two attached hydrogens (primary N) is 1. The number of benzene rings is 1. The number of nitrogens with zero attached hydrogens (tertiary/aromatic N) is 1. The Bertz CT molecular complexity index is 668. The van der Waals surface area contributed by atoms with Crippen molar-refractivity contribution in [3.8, 4) is 11.5 Å². The van der Waals surface area contributed by atoms with Crippen LogP contribution in [-0.2, 0) is 11.2 Å². The third-order valence-electron chi connectivity index (χ3n) is 2.80. The summed E-state index contributed by atoms with van der Waals surface area (Å²) in [5.74, 6) is 0.649. The van der Waals surface area contributed by atoms with Crippen molar-refractivity contribution >= 4 is 11.7 Å². The van der Waals surface area contributed by atoms with E-state index in [0.717, 1.165) is 5.56 Å². The van der Waals surface area contributed by atoms with E-state index in [1.165, 1.54) is 19.4 Å². The highest BCUT2D eigenvalue weighted by atomic mass is 16.5. The largest absolute Gasteiger partial charge is 0.464 e. The lowest BCUT2D eigenvalue weighted by Gasteiger charge is -2.11. The molecular weight excluding hydrogens is 268 g/mol. The Morgan fingerprint density at radius 3 is 2.90 bits per heavy atom. The van der Waals surface area contributed by atoms with Gasteiger partial charge in [0.2, 0.25) is 0 Å². The number of allylic oxidation sites excluding steroid dienone is 1. The fourth-order valence-electron chi connectivity index (χ4n) is 1.83. The van der Waals surface area contributed by atoms with Gasteiger partial charge in [-0.2, -0.15) is 0 Å². The van der Waals surface area contributed by atoms with Gasteiger partial charge in [-0.15, -0.1) is 6.58 Å². The second-order valence-corrected chi connectivity index (χ2v) is 4.33. The Morgan fingerprint density at radius 2 is 2.19 bits per heavy atom. The molecule has 0 spiro atoms. The SMILES string of the molecule is C=CCc1cc(N)ccc1Oc1ccnc(C(=O)OC)c1. The monoisotopic (exact) mass is 284 g/mol. The summed E-state index contributed by atoms with van der Waals surface area (Å²) in [7, 11) is 1.31. The van der Waals surface area contributed by atoms with E-state index in [0.29, 0.717) is 23.6 Å². The molecule has 0 radical (unpaired) electrons. The highest BCUT2D eigenvalue weighted by Gasteiger charge is 2.10. The van der Waals surface area contributed by atoms with Crippen LogP contribution in [0.3, 0.4) is 0 Å². The van der Waals surface area contributed by atoms with Crippen LogP contribution >= 0.6 is 0 Å². The first-order chi connectivity index (χ1) is 10.1. The molecule has 0 aliphatic carbocycles. The van der Waals surface area contributed by atoms with Crippen LogP contribution < -0.4 is 10.5 Å². The van der Waals surface area contributed by atoms with E-state index < -0.39 is 5.97 Å². The van der Waals surface area contributed by atoms with Gasteiger partial charge in [0, 0.05) is 23.5 Å². The molecule has 2 aromatic rings. The summed E-state index contributed by atoms with van der Waals surface area (Å²) in [6.07, 6.45) is 3.90. The molecule has 0 aliphatic rings. The van der Waals surface area contributed by atoms with Crippen molar-refractivity contribution in [1.82, 2.24) is 4.98 Å². The fraction of sp³-hybridized carbons (Fsp3) is 0.125. The number of hydrogen-bond acceptors (Lipinski definition) is 5. The number of anilines is 1. The normalized spacial score (nSPS) is 9.95. The van der Waals surface area contributed by atoms with Crippen molar-refractivity contribution in [3.05, 3.63) is 60.4 Å². The van der Waals surface area contributed by atoms with Crippen molar-refractivity contribution in [2.45, 2.75) is 6.42 Å². The number of rotatable bonds is 5. The number of nitrogen functional groups attached to an aromatic ring is 1. The zero-order valence-electron chi connectivity index (χ0n) is 11.7. The highest BCUT2D eigenvalue weighted by molar-refractivity contribution is 5.87. The van der Waals surface area contributed by atoms with Crippen molar-refractivity contribution in [1.29, 1.82) is 0 Å². The number of aromatic nitrogens is 1. The van der Waals surface area contributed by atoms with E-state index in [1.807, 2.05) is 6.07 Å². The van der Waals surface area contributed by atoms with E-state index in [2.05, 4.69) is 16.3 Å². The third kappa shape index (κ3) is 3.60. The van der Waals surface area contributed by atoms with Crippen molar-refractivity contribution in [3.63, 3.8) is 0 Å². The predicted octanol–water partition coefficient (Wildman–Crippen LogP) is 2.97. The van der Waals surface area contributed by atoms with Gasteiger partial charge in [0.15, 0.2) is 5.69 Å². The Balaban J connectivity index is 2.29. The first kappa shape index (κ1) is 14.6. The van der Waals surface area contributed by atoms with Gasteiger partial charge in [0.1, 0.15) is 11.5 Å². The first-order valence-corrected chi connectivity index (χ1v) is 6.35. The lowest BCUT2D eigenvalue weighted by molar-refractivity contribution is 0.0593. The van der Waals surface area contributed by atoms with E-state index in [4.69, 9.17) is 10.5 Å². The summed E-state index contributed by atoms with van der Waals surface area (Å²) < 4.78 is 10.4. The van der Waals surface area contributed by atoms with Crippen molar-refractivity contribution in [2.75, 3.05) is 12.8 Å². The summed E-state index contributed by atoms with van der Waals surface area (Å²) in [5.41, 5.74) is 7.54. The minimum Gasteiger partial charge on any atom is -0.464 e. The highest BCUT2D eigenvalue weighted by Crippen LogP contribution is 2.28. The third-order valence-corrected chi connectivity index (χ3v) is 2.80. The maximum Gasteiger partial charge on any atom is 0.356 e. The van der Waals surface area contributed by atoms with E-state index >= 15 is 0 Å². The van der Waals surface area contributed by atoms with E-state index in [1.54, 1.807) is 24.3 Å². The molecule has 0 amide bonds. The van der Waals surface area contributed by atoms with Crippen LogP contribution in [0.25, 0.3) is 0 Å². The molecule has 108 valence electrons. The predicted molar refractivity (Wildman–Crippen MR) is 80.4 cm³/mol. The second kappa shape index (κ2) is 6.56. The Hall–Kier alpha value is -2.82. The molecule has 0 unspecified atom stereocenters. The molecule has 1 aromatic heterocycles. The average Bonchev–Trinajstić information content (AvgIpc) is 2.50. The summed E-state index contributed by atoms with van der Waals surface area (Å²) in [5, 5.41) is 0. The molecule has 21 heavy (non-hydrogen) atoms. The molecule has 1 aromatic carbocycles. The summed E-state index contributed by atoms with van der Waals surface area (Å²) in [4.78, 5) is 15.4. The molecule has 2 rings (SSSR count). The Kier molecular flexibility index (Phi) is 4.56. The minimum atomic E-state index is -0.510. The number of carbonyl (C=O) groups is 1. The first-order valence-electron chi connectivity index (χ1n) is 6.35. The van der Waals surface area contributed by atoms with Gasteiger partial charge in [0.05, 0.1) is 7.11 Å². The molecule has 0 saturated carbocycles. The van der Waals surface area contributed by atoms with Gasteiger partial charge < -0.3 is 15.2 Å². The van der Waals surface area contributed by atoms with Gasteiger partial charge in [-0.1, -0.05) is 6.08 Å². The van der Waals surface area contributed by atoms with Crippen LogP contribution in [0.5, 0.6) is 11.5 Å². The average molecular weight is 284 g/mol. The molecule has 0 saturated heterocycles. The van der Waals surface area contributed by atoms with Crippen LogP contribution in [0.15, 0.2) is 49.2 Å². The lowest BCUT2D eigenvalue weighted by Crippen LogP contribution is -2.04. The molecule has 0 bridgehead atoms. The molecule has 0 aliphatic heterocycles. The second-order valence-electron chi connectivity index (χ2n) is 4.33. The Labute approximate surface area is 123 Å². The smallest absolute Gasteiger partial charge is 0.356 e. The van der Waals surface area contributed by atoms with Crippen LogP contribution in [0, 0.1) is 0 Å². The lowest BCUT2D eigenvalue weighted by atomic mass is 10.1. The maximum absolute atomic E-state index is 11.5. The van der Waals surface area contributed by atoms with Crippen LogP contribution in [0.4, 0.5) is 5.69 Å². The maximum atomic E-state index is 11.5. The standard InChI is InChI=1S/C16H16N2O3/c1-3-4-11-9-12(17)5-6-15(11)21-13-7-8-18-14(10-13)16(19)20-2/h3,5-10H,1,4,17H2,2H3. The number of pyridine rings is 1. The fourth-order valence-corrected chi connectivity index (χ4v) is 1.83. The van der Waals surface area contributed by atoms with Gasteiger partial charge >= 0.3 is 5.97 Å². The van der Waals surface area contributed by atoms with E-state index in [9.17, 15) is 4.79 Å². The van der Waals surface area contributed by atoms with Gasteiger partial charge in [-0.25, -0.2) is 9.78 Å². The molecule has 1 heterocycles.